The first-order chi connectivity index (χ1) is 20.4. The SMILES string of the molecule is O=C(CCCOC(=O)c1cccc(C(=O)c2ccccc2)c1)CCCOC(=O)c1cccc(C(=O)c2ccccc2)c1. The Kier molecular flexibility index (Phi) is 10.6. The van der Waals surface area contributed by atoms with Crippen LogP contribution < -0.4 is 0 Å². The zero-order valence-electron chi connectivity index (χ0n) is 23.0. The van der Waals surface area contributed by atoms with E-state index < -0.39 is 11.9 Å². The molecule has 4 aromatic rings. The van der Waals surface area contributed by atoms with Crippen molar-refractivity contribution in [2.75, 3.05) is 13.2 Å². The topological polar surface area (TPSA) is 104 Å². The Bertz CT molecular complexity index is 1440. The summed E-state index contributed by atoms with van der Waals surface area (Å²) in [4.78, 5) is 62.4. The minimum absolute atomic E-state index is 0.0343. The number of ether oxygens (including phenoxy) is 2. The van der Waals surface area contributed by atoms with Crippen molar-refractivity contribution < 1.29 is 33.4 Å². The molecule has 0 heterocycles. The third-order valence-corrected chi connectivity index (χ3v) is 6.46. The van der Waals surface area contributed by atoms with Crippen LogP contribution in [0.25, 0.3) is 0 Å². The van der Waals surface area contributed by atoms with Crippen LogP contribution in [-0.4, -0.2) is 42.5 Å². The van der Waals surface area contributed by atoms with Crippen molar-refractivity contribution in [2.45, 2.75) is 25.7 Å². The normalized spacial score (nSPS) is 10.5. The van der Waals surface area contributed by atoms with Crippen LogP contribution in [0.1, 0.15) is 78.2 Å². The van der Waals surface area contributed by atoms with Crippen molar-refractivity contribution >= 4 is 29.3 Å². The van der Waals surface area contributed by atoms with E-state index in [4.69, 9.17) is 9.47 Å². The number of Topliss-reactive ketones (excluding diaryl/α,β-unsaturated/α-hetero) is 1. The van der Waals surface area contributed by atoms with Gasteiger partial charge in [-0.05, 0) is 37.1 Å². The Morgan fingerprint density at radius 1 is 0.429 bits per heavy atom. The minimum atomic E-state index is -0.563. The maximum absolute atomic E-state index is 12.6. The number of carbonyl (C=O) groups excluding carboxylic acids is 5. The van der Waals surface area contributed by atoms with E-state index in [1.165, 1.54) is 12.1 Å². The zero-order valence-corrected chi connectivity index (χ0v) is 23.0. The number of benzene rings is 4. The second-order valence-electron chi connectivity index (χ2n) is 9.57. The fourth-order valence-electron chi connectivity index (χ4n) is 4.25. The van der Waals surface area contributed by atoms with Gasteiger partial charge in [0.2, 0.25) is 0 Å². The van der Waals surface area contributed by atoms with Gasteiger partial charge in [0.1, 0.15) is 5.78 Å². The summed E-state index contributed by atoms with van der Waals surface area (Å²) >= 11 is 0. The lowest BCUT2D eigenvalue weighted by Gasteiger charge is -2.07. The first-order valence-corrected chi connectivity index (χ1v) is 13.7. The molecule has 0 aliphatic rings. The van der Waals surface area contributed by atoms with E-state index in [1.807, 2.05) is 12.1 Å². The van der Waals surface area contributed by atoms with Crippen molar-refractivity contribution in [3.8, 4) is 0 Å². The first kappa shape index (κ1) is 29.8. The number of hydrogen-bond acceptors (Lipinski definition) is 7. The minimum Gasteiger partial charge on any atom is -0.462 e. The molecule has 4 rings (SSSR count). The Morgan fingerprint density at radius 3 is 1.19 bits per heavy atom. The molecule has 0 unspecified atom stereocenters. The fourth-order valence-corrected chi connectivity index (χ4v) is 4.25. The lowest BCUT2D eigenvalue weighted by atomic mass is 10.0. The van der Waals surface area contributed by atoms with Crippen LogP contribution in [0.3, 0.4) is 0 Å². The van der Waals surface area contributed by atoms with Crippen LogP contribution in [0.4, 0.5) is 0 Å². The molecule has 0 aromatic heterocycles. The van der Waals surface area contributed by atoms with Crippen LogP contribution in [0.2, 0.25) is 0 Å². The number of esters is 2. The summed E-state index contributed by atoms with van der Waals surface area (Å²) in [6, 6.07) is 30.3. The van der Waals surface area contributed by atoms with Gasteiger partial charge in [0.15, 0.2) is 11.6 Å². The van der Waals surface area contributed by atoms with E-state index >= 15 is 0 Å². The van der Waals surface area contributed by atoms with Gasteiger partial charge in [0, 0.05) is 35.1 Å². The van der Waals surface area contributed by atoms with Crippen LogP contribution >= 0.6 is 0 Å². The van der Waals surface area contributed by atoms with Gasteiger partial charge in [0.25, 0.3) is 0 Å². The summed E-state index contributed by atoms with van der Waals surface area (Å²) in [5.74, 6) is -1.53. The molecule has 0 spiro atoms. The van der Waals surface area contributed by atoms with Crippen LogP contribution in [0.5, 0.6) is 0 Å². The molecule has 0 aliphatic heterocycles. The summed E-state index contributed by atoms with van der Waals surface area (Å²) in [6.45, 7) is 0.128. The predicted octanol–water partition coefficient (Wildman–Crippen LogP) is 6.29. The van der Waals surface area contributed by atoms with Crippen molar-refractivity contribution in [3.63, 3.8) is 0 Å². The van der Waals surface area contributed by atoms with Gasteiger partial charge in [-0.2, -0.15) is 0 Å². The summed E-state index contributed by atoms with van der Waals surface area (Å²) in [5.41, 5.74) is 2.36. The molecule has 0 N–H and O–H groups in total. The molecular weight excluding hydrogens is 532 g/mol. The Hall–Kier alpha value is -5.17. The Balaban J connectivity index is 1.14. The predicted molar refractivity (Wildman–Crippen MR) is 157 cm³/mol. The maximum Gasteiger partial charge on any atom is 0.338 e. The molecule has 0 atom stereocenters. The van der Waals surface area contributed by atoms with E-state index in [9.17, 15) is 24.0 Å². The standard InChI is InChI=1S/C35H30O7/c36-31(19-9-21-41-34(39)29-17-7-15-27(23-29)32(37)25-11-3-1-4-12-25)20-10-22-42-35(40)30-18-8-16-28(24-30)33(38)26-13-5-2-6-14-26/h1-8,11-18,23-24H,9-10,19-22H2. The van der Waals surface area contributed by atoms with Gasteiger partial charge in [-0.3, -0.25) is 14.4 Å². The highest BCUT2D eigenvalue weighted by Crippen LogP contribution is 2.15. The van der Waals surface area contributed by atoms with E-state index in [0.717, 1.165) is 0 Å². The van der Waals surface area contributed by atoms with Crippen LogP contribution in [0.15, 0.2) is 109 Å². The van der Waals surface area contributed by atoms with E-state index in [2.05, 4.69) is 0 Å². The molecular formula is C35H30O7. The smallest absolute Gasteiger partial charge is 0.338 e. The third-order valence-electron chi connectivity index (χ3n) is 6.46. The highest BCUT2D eigenvalue weighted by Gasteiger charge is 2.15. The molecule has 0 radical (unpaired) electrons. The van der Waals surface area contributed by atoms with Crippen LogP contribution in [0, 0.1) is 0 Å². The van der Waals surface area contributed by atoms with Crippen molar-refractivity contribution in [3.05, 3.63) is 143 Å². The number of ketones is 3. The molecule has 4 aromatic carbocycles. The highest BCUT2D eigenvalue weighted by atomic mass is 16.5. The molecule has 0 fully saturated rings. The van der Waals surface area contributed by atoms with E-state index in [-0.39, 0.29) is 54.5 Å². The zero-order chi connectivity index (χ0) is 29.7. The molecule has 212 valence electrons. The van der Waals surface area contributed by atoms with Gasteiger partial charge < -0.3 is 9.47 Å². The average molecular weight is 563 g/mol. The summed E-state index contributed by atoms with van der Waals surface area (Å²) in [5, 5.41) is 0. The van der Waals surface area contributed by atoms with Gasteiger partial charge in [0.05, 0.1) is 24.3 Å². The molecule has 0 saturated carbocycles. The third kappa shape index (κ3) is 8.41. The first-order valence-electron chi connectivity index (χ1n) is 13.7. The Labute approximate surface area is 244 Å². The largest absolute Gasteiger partial charge is 0.462 e. The average Bonchev–Trinajstić information content (AvgIpc) is 3.05. The molecule has 7 nitrogen and oxygen atoms in total. The number of carbonyl (C=O) groups is 5. The van der Waals surface area contributed by atoms with Gasteiger partial charge in [-0.25, -0.2) is 9.59 Å². The maximum atomic E-state index is 12.6. The van der Waals surface area contributed by atoms with Gasteiger partial charge >= 0.3 is 11.9 Å². The molecule has 42 heavy (non-hydrogen) atoms. The summed E-state index contributed by atoms with van der Waals surface area (Å²) in [6.07, 6.45) is 1.15. The quantitative estimate of drug-likeness (QED) is 0.101. The molecule has 7 heteroatoms. The number of hydrogen-bond donors (Lipinski definition) is 0. The van der Waals surface area contributed by atoms with Crippen LogP contribution in [-0.2, 0) is 14.3 Å². The lowest BCUT2D eigenvalue weighted by molar-refractivity contribution is -0.119. The number of rotatable bonds is 14. The van der Waals surface area contributed by atoms with Crippen molar-refractivity contribution in [1.82, 2.24) is 0 Å². The van der Waals surface area contributed by atoms with Gasteiger partial charge in [-0.15, -0.1) is 0 Å². The van der Waals surface area contributed by atoms with Crippen molar-refractivity contribution in [2.24, 2.45) is 0 Å². The molecule has 0 aliphatic carbocycles. The lowest BCUT2D eigenvalue weighted by Crippen LogP contribution is -2.11. The Morgan fingerprint density at radius 2 is 0.786 bits per heavy atom. The molecule has 0 amide bonds. The van der Waals surface area contributed by atoms with Crippen molar-refractivity contribution in [1.29, 1.82) is 0 Å². The molecule has 0 bridgehead atoms. The van der Waals surface area contributed by atoms with E-state index in [0.29, 0.717) is 35.1 Å². The highest BCUT2D eigenvalue weighted by molar-refractivity contribution is 6.10. The summed E-state index contributed by atoms with van der Waals surface area (Å²) < 4.78 is 10.6. The van der Waals surface area contributed by atoms with Gasteiger partial charge in [-0.1, -0.05) is 84.9 Å². The second-order valence-corrected chi connectivity index (χ2v) is 9.57. The monoisotopic (exact) mass is 562 g/mol. The van der Waals surface area contributed by atoms with E-state index in [1.54, 1.807) is 84.9 Å². The second kappa shape index (κ2) is 15.0. The summed E-state index contributed by atoms with van der Waals surface area (Å²) in [7, 11) is 0. The fraction of sp³-hybridized carbons (Fsp3) is 0.171. The molecule has 0 saturated heterocycles.